The van der Waals surface area contributed by atoms with Crippen molar-refractivity contribution in [2.45, 2.75) is 6.92 Å². The highest BCUT2D eigenvalue weighted by Crippen LogP contribution is 2.26. The fourth-order valence-electron chi connectivity index (χ4n) is 1.98. The fraction of sp³-hybridized carbons (Fsp3) is 0.0714. The van der Waals surface area contributed by atoms with Gasteiger partial charge in [0.25, 0.3) is 0 Å². The predicted octanol–water partition coefficient (Wildman–Crippen LogP) is 2.62. The van der Waals surface area contributed by atoms with Gasteiger partial charge in [0.2, 0.25) is 10.8 Å². The first-order chi connectivity index (χ1) is 10.3. The summed E-state index contributed by atoms with van der Waals surface area (Å²) in [4.78, 5) is 9.34. The van der Waals surface area contributed by atoms with Crippen LogP contribution in [0.4, 0.5) is 0 Å². The Morgan fingerprint density at radius 2 is 2.00 bits per heavy atom. The molecule has 0 saturated heterocycles. The van der Waals surface area contributed by atoms with Crippen LogP contribution in [0.5, 0.6) is 0 Å². The lowest BCUT2D eigenvalue weighted by Gasteiger charge is -1.96. The molecule has 0 unspecified atom stereocenters. The topological polar surface area (TPSA) is 68.9 Å². The molecule has 0 aliphatic heterocycles. The summed E-state index contributed by atoms with van der Waals surface area (Å²) in [5.41, 5.74) is 2.71. The Morgan fingerprint density at radius 1 is 1.05 bits per heavy atom. The van der Waals surface area contributed by atoms with Crippen molar-refractivity contribution < 1.29 is 0 Å². The Labute approximate surface area is 124 Å². The first-order valence-corrected chi connectivity index (χ1v) is 7.19. The van der Waals surface area contributed by atoms with Crippen molar-refractivity contribution >= 4 is 16.3 Å². The van der Waals surface area contributed by atoms with E-state index in [9.17, 15) is 0 Å². The van der Waals surface area contributed by atoms with E-state index in [2.05, 4.69) is 25.3 Å². The molecule has 21 heavy (non-hydrogen) atoms. The van der Waals surface area contributed by atoms with Crippen LogP contribution in [0.1, 0.15) is 5.69 Å². The Morgan fingerprint density at radius 3 is 2.76 bits per heavy atom. The van der Waals surface area contributed by atoms with Crippen molar-refractivity contribution in [2.75, 3.05) is 0 Å². The van der Waals surface area contributed by atoms with Crippen molar-refractivity contribution in [3.05, 3.63) is 48.4 Å². The minimum Gasteiger partial charge on any atom is -0.261 e. The number of fused-ring (bicyclic) bond motifs is 1. The smallest absolute Gasteiger partial charge is 0.235 e. The van der Waals surface area contributed by atoms with E-state index >= 15 is 0 Å². The second kappa shape index (κ2) is 4.71. The maximum atomic E-state index is 4.58. The second-order valence-electron chi connectivity index (χ2n) is 4.53. The molecule has 102 valence electrons. The molecule has 0 aliphatic carbocycles. The summed E-state index contributed by atoms with van der Waals surface area (Å²) in [6, 6.07) is 9.65. The highest BCUT2D eigenvalue weighted by atomic mass is 32.1. The lowest BCUT2D eigenvalue weighted by atomic mass is 10.3. The minimum absolute atomic E-state index is 0.646. The van der Waals surface area contributed by atoms with Crippen LogP contribution < -0.4 is 0 Å². The number of aromatic nitrogens is 6. The van der Waals surface area contributed by atoms with E-state index in [1.165, 1.54) is 11.3 Å². The standard InChI is InChI=1S/C14H10N6S/c1-9-5-6-10(8-16-9)13-19-20-12(17-18-14(20)21-13)11-4-2-3-7-15-11/h2-8H,1H3. The Kier molecular flexibility index (Phi) is 2.71. The van der Waals surface area contributed by atoms with Crippen molar-refractivity contribution in [3.8, 4) is 22.1 Å². The normalized spacial score (nSPS) is 11.1. The van der Waals surface area contributed by atoms with Gasteiger partial charge in [-0.3, -0.25) is 9.97 Å². The number of rotatable bonds is 2. The molecule has 0 amide bonds. The van der Waals surface area contributed by atoms with Crippen LogP contribution in [-0.4, -0.2) is 29.8 Å². The van der Waals surface area contributed by atoms with Gasteiger partial charge in [0.05, 0.1) is 0 Å². The van der Waals surface area contributed by atoms with Gasteiger partial charge in [0.15, 0.2) is 0 Å². The van der Waals surface area contributed by atoms with Crippen LogP contribution in [0.3, 0.4) is 0 Å². The quantitative estimate of drug-likeness (QED) is 0.568. The molecule has 6 nitrogen and oxygen atoms in total. The molecule has 0 fully saturated rings. The number of aryl methyl sites for hydroxylation is 1. The molecule has 4 rings (SSSR count). The first kappa shape index (κ1) is 12.1. The van der Waals surface area contributed by atoms with E-state index in [4.69, 9.17) is 0 Å². The highest BCUT2D eigenvalue weighted by Gasteiger charge is 2.14. The summed E-state index contributed by atoms with van der Waals surface area (Å²) in [6.07, 6.45) is 3.55. The summed E-state index contributed by atoms with van der Waals surface area (Å²) >= 11 is 1.48. The van der Waals surface area contributed by atoms with E-state index in [1.807, 2.05) is 43.5 Å². The average Bonchev–Trinajstić information content (AvgIpc) is 3.09. The van der Waals surface area contributed by atoms with Gasteiger partial charge in [0, 0.05) is 23.7 Å². The maximum Gasteiger partial charge on any atom is 0.235 e. The fourth-order valence-corrected chi connectivity index (χ4v) is 2.81. The zero-order chi connectivity index (χ0) is 14.2. The van der Waals surface area contributed by atoms with Crippen molar-refractivity contribution in [3.63, 3.8) is 0 Å². The Bertz CT molecular complexity index is 894. The molecule has 0 aromatic carbocycles. The van der Waals surface area contributed by atoms with E-state index in [-0.39, 0.29) is 0 Å². The molecule has 4 aromatic heterocycles. The van der Waals surface area contributed by atoms with E-state index < -0.39 is 0 Å². The molecule has 0 atom stereocenters. The first-order valence-electron chi connectivity index (χ1n) is 6.38. The number of nitrogens with zero attached hydrogens (tertiary/aromatic N) is 6. The molecule has 0 spiro atoms. The van der Waals surface area contributed by atoms with Crippen LogP contribution in [0.25, 0.3) is 27.1 Å². The minimum atomic E-state index is 0.646. The highest BCUT2D eigenvalue weighted by molar-refractivity contribution is 7.19. The molecule has 0 saturated carbocycles. The van der Waals surface area contributed by atoms with E-state index in [0.29, 0.717) is 5.82 Å². The van der Waals surface area contributed by atoms with Gasteiger partial charge in [-0.05, 0) is 31.2 Å². The van der Waals surface area contributed by atoms with Gasteiger partial charge in [-0.1, -0.05) is 17.4 Å². The zero-order valence-corrected chi connectivity index (χ0v) is 11.9. The Balaban J connectivity index is 1.84. The van der Waals surface area contributed by atoms with Crippen LogP contribution in [0.2, 0.25) is 0 Å². The van der Waals surface area contributed by atoms with Crippen LogP contribution >= 0.6 is 11.3 Å². The van der Waals surface area contributed by atoms with Crippen molar-refractivity contribution in [2.24, 2.45) is 0 Å². The van der Waals surface area contributed by atoms with Crippen LogP contribution in [0.15, 0.2) is 42.7 Å². The molecule has 7 heteroatoms. The average molecular weight is 294 g/mol. The summed E-state index contributed by atoms with van der Waals surface area (Å²) in [7, 11) is 0. The molecule has 0 N–H and O–H groups in total. The van der Waals surface area contributed by atoms with Crippen LogP contribution in [0, 0.1) is 6.92 Å². The predicted molar refractivity (Wildman–Crippen MR) is 79.9 cm³/mol. The molecule has 0 bridgehead atoms. The van der Waals surface area contributed by atoms with Gasteiger partial charge in [0.1, 0.15) is 10.7 Å². The van der Waals surface area contributed by atoms with E-state index in [0.717, 1.165) is 26.9 Å². The third-order valence-electron chi connectivity index (χ3n) is 3.04. The third kappa shape index (κ3) is 2.07. The van der Waals surface area contributed by atoms with Crippen molar-refractivity contribution in [1.29, 1.82) is 0 Å². The maximum absolute atomic E-state index is 4.58. The molecule has 4 heterocycles. The summed E-state index contributed by atoms with van der Waals surface area (Å²) in [5.74, 6) is 0.646. The molecule has 4 aromatic rings. The molecule has 0 aliphatic rings. The lowest BCUT2D eigenvalue weighted by molar-refractivity contribution is 0.961. The zero-order valence-electron chi connectivity index (χ0n) is 11.1. The van der Waals surface area contributed by atoms with Gasteiger partial charge in [-0.25, -0.2) is 0 Å². The summed E-state index contributed by atoms with van der Waals surface area (Å²) < 4.78 is 1.72. The number of hydrogen-bond donors (Lipinski definition) is 0. The van der Waals surface area contributed by atoms with Gasteiger partial charge >= 0.3 is 0 Å². The lowest BCUT2D eigenvalue weighted by Crippen LogP contribution is -1.93. The van der Waals surface area contributed by atoms with Gasteiger partial charge in [-0.2, -0.15) is 9.61 Å². The molecule has 0 radical (unpaired) electrons. The number of hydrogen-bond acceptors (Lipinski definition) is 6. The number of pyridine rings is 2. The monoisotopic (exact) mass is 294 g/mol. The molecular formula is C14H10N6S. The SMILES string of the molecule is Cc1ccc(-c2nn3c(-c4ccccn4)nnc3s2)cn1. The second-order valence-corrected chi connectivity index (χ2v) is 5.48. The molecular weight excluding hydrogens is 284 g/mol. The van der Waals surface area contributed by atoms with Crippen molar-refractivity contribution in [1.82, 2.24) is 29.8 Å². The summed E-state index contributed by atoms with van der Waals surface area (Å²) in [6.45, 7) is 1.96. The van der Waals surface area contributed by atoms with Crippen LogP contribution in [-0.2, 0) is 0 Å². The third-order valence-corrected chi connectivity index (χ3v) is 3.99. The van der Waals surface area contributed by atoms with E-state index in [1.54, 1.807) is 10.7 Å². The largest absolute Gasteiger partial charge is 0.261 e. The Hall–Kier alpha value is -2.67. The van der Waals surface area contributed by atoms with Gasteiger partial charge in [-0.15, -0.1) is 10.2 Å². The van der Waals surface area contributed by atoms with Gasteiger partial charge < -0.3 is 0 Å². The summed E-state index contributed by atoms with van der Waals surface area (Å²) in [5, 5.41) is 13.8.